The van der Waals surface area contributed by atoms with Gasteiger partial charge in [0.1, 0.15) is 0 Å². The number of halogens is 1. The minimum Gasteiger partial charge on any atom is -0.388 e. The summed E-state index contributed by atoms with van der Waals surface area (Å²) in [6, 6.07) is 7.94. The minimum absolute atomic E-state index is 0.382. The molecule has 0 aliphatic heterocycles. The lowest BCUT2D eigenvalue weighted by Crippen LogP contribution is -2.35. The lowest BCUT2D eigenvalue weighted by Gasteiger charge is -2.26. The molecule has 0 radical (unpaired) electrons. The van der Waals surface area contributed by atoms with E-state index in [-0.39, 0.29) is 6.10 Å². The van der Waals surface area contributed by atoms with Gasteiger partial charge in [-0.05, 0) is 44.1 Å². The van der Waals surface area contributed by atoms with Crippen LogP contribution in [0.3, 0.4) is 0 Å². The second kappa shape index (κ2) is 9.57. The van der Waals surface area contributed by atoms with Gasteiger partial charge in [-0.1, -0.05) is 41.9 Å². The van der Waals surface area contributed by atoms with E-state index in [1.807, 2.05) is 24.3 Å². The Labute approximate surface area is 138 Å². The van der Waals surface area contributed by atoms with Gasteiger partial charge in [0.2, 0.25) is 0 Å². The summed E-state index contributed by atoms with van der Waals surface area (Å²) in [5, 5.41) is 10.3. The van der Waals surface area contributed by atoms with Crippen LogP contribution < -0.4 is 0 Å². The molecule has 120 valence electrons. The van der Waals surface area contributed by atoms with Crippen molar-refractivity contribution in [3.8, 4) is 0 Å². The fourth-order valence-electron chi connectivity index (χ4n) is 2.31. The van der Waals surface area contributed by atoms with Crippen molar-refractivity contribution in [1.82, 2.24) is 9.80 Å². The number of hydrogen-bond donors (Lipinski definition) is 1. The number of nitrogens with zero attached hydrogens (tertiary/aromatic N) is 2. The van der Waals surface area contributed by atoms with Crippen LogP contribution in [0.1, 0.15) is 31.9 Å². The Morgan fingerprint density at radius 2 is 1.67 bits per heavy atom. The number of likely N-dealkylation sites (N-methyl/N-ethyl adjacent to an activating group) is 1. The van der Waals surface area contributed by atoms with Crippen LogP contribution in [0.5, 0.6) is 0 Å². The third-order valence-corrected chi connectivity index (χ3v) is 3.99. The molecule has 0 amide bonds. The largest absolute Gasteiger partial charge is 0.388 e. The number of aliphatic hydroxyl groups excluding tert-OH is 1. The van der Waals surface area contributed by atoms with Gasteiger partial charge in [-0.2, -0.15) is 0 Å². The first-order valence-corrected chi connectivity index (χ1v) is 8.48. The van der Waals surface area contributed by atoms with Gasteiger partial charge < -0.3 is 14.9 Å². The predicted molar refractivity (Wildman–Crippen MR) is 93.6 cm³/mol. The van der Waals surface area contributed by atoms with Crippen molar-refractivity contribution in [2.24, 2.45) is 5.92 Å². The van der Waals surface area contributed by atoms with Gasteiger partial charge in [-0.25, -0.2) is 0 Å². The molecule has 1 aromatic carbocycles. The van der Waals surface area contributed by atoms with Crippen molar-refractivity contribution < 1.29 is 5.11 Å². The third kappa shape index (κ3) is 7.96. The maximum atomic E-state index is 10.3. The van der Waals surface area contributed by atoms with E-state index in [0.29, 0.717) is 5.92 Å². The monoisotopic (exact) mass is 356 g/mol. The molecular weight excluding hydrogens is 328 g/mol. The first kappa shape index (κ1) is 18.6. The maximum absolute atomic E-state index is 10.3. The molecule has 0 bridgehead atoms. The third-order valence-electron chi connectivity index (χ3n) is 3.46. The molecule has 1 aromatic rings. The molecule has 1 N–H and O–H groups in total. The molecule has 1 unspecified atom stereocenters. The zero-order valence-electron chi connectivity index (χ0n) is 13.7. The lowest BCUT2D eigenvalue weighted by atomic mass is 10.1. The van der Waals surface area contributed by atoms with Crippen LogP contribution in [0.2, 0.25) is 0 Å². The molecule has 0 aliphatic carbocycles. The smallest absolute Gasteiger partial charge is 0.0802 e. The second-order valence-corrected chi connectivity index (χ2v) is 7.27. The fourth-order valence-corrected chi connectivity index (χ4v) is 2.57. The summed E-state index contributed by atoms with van der Waals surface area (Å²) in [6.45, 7) is 8.62. The SMILES string of the molecule is CC(C)CN(CCC(O)c1ccc(Br)cc1)CCN(C)C. The summed E-state index contributed by atoms with van der Waals surface area (Å²) in [5.74, 6) is 0.650. The van der Waals surface area contributed by atoms with Crippen LogP contribution in [0.25, 0.3) is 0 Å². The van der Waals surface area contributed by atoms with Gasteiger partial charge in [0.15, 0.2) is 0 Å². The van der Waals surface area contributed by atoms with E-state index in [4.69, 9.17) is 0 Å². The molecule has 0 heterocycles. The minimum atomic E-state index is -0.382. The second-order valence-electron chi connectivity index (χ2n) is 6.35. The average Bonchev–Trinajstić information content (AvgIpc) is 2.41. The molecule has 0 aliphatic rings. The molecule has 0 spiro atoms. The van der Waals surface area contributed by atoms with Gasteiger partial charge >= 0.3 is 0 Å². The molecule has 0 aromatic heterocycles. The molecule has 3 nitrogen and oxygen atoms in total. The maximum Gasteiger partial charge on any atom is 0.0802 e. The first-order chi connectivity index (χ1) is 9.88. The molecule has 21 heavy (non-hydrogen) atoms. The summed E-state index contributed by atoms with van der Waals surface area (Å²) in [5.41, 5.74) is 0.996. The lowest BCUT2D eigenvalue weighted by molar-refractivity contribution is 0.133. The van der Waals surface area contributed by atoms with Gasteiger partial charge in [-0.3, -0.25) is 0 Å². The Morgan fingerprint density at radius 3 is 2.19 bits per heavy atom. The molecular formula is C17H29BrN2O. The van der Waals surface area contributed by atoms with Crippen molar-refractivity contribution in [1.29, 1.82) is 0 Å². The zero-order valence-corrected chi connectivity index (χ0v) is 15.3. The molecule has 0 saturated heterocycles. The van der Waals surface area contributed by atoms with E-state index in [1.165, 1.54) is 0 Å². The Bertz CT molecular complexity index is 392. The highest BCUT2D eigenvalue weighted by atomic mass is 79.9. The highest BCUT2D eigenvalue weighted by molar-refractivity contribution is 9.10. The van der Waals surface area contributed by atoms with Crippen LogP contribution >= 0.6 is 15.9 Å². The van der Waals surface area contributed by atoms with E-state index < -0.39 is 0 Å². The molecule has 0 fully saturated rings. The van der Waals surface area contributed by atoms with Crippen molar-refractivity contribution in [3.63, 3.8) is 0 Å². The van der Waals surface area contributed by atoms with Crippen molar-refractivity contribution in [2.45, 2.75) is 26.4 Å². The fraction of sp³-hybridized carbons (Fsp3) is 0.647. The standard InChI is InChI=1S/C17H29BrN2O/c1-14(2)13-20(12-11-19(3)4)10-9-17(21)15-5-7-16(18)8-6-15/h5-8,14,17,21H,9-13H2,1-4H3. The molecule has 4 heteroatoms. The molecule has 1 atom stereocenters. The quantitative estimate of drug-likeness (QED) is 0.734. The zero-order chi connectivity index (χ0) is 15.8. The van der Waals surface area contributed by atoms with Crippen LogP contribution in [-0.2, 0) is 0 Å². The van der Waals surface area contributed by atoms with Crippen molar-refractivity contribution >= 4 is 15.9 Å². The van der Waals surface area contributed by atoms with Gasteiger partial charge in [0.25, 0.3) is 0 Å². The van der Waals surface area contributed by atoms with Gasteiger partial charge in [0.05, 0.1) is 6.10 Å². The van der Waals surface area contributed by atoms with E-state index >= 15 is 0 Å². The average molecular weight is 357 g/mol. The van der Waals surface area contributed by atoms with Crippen LogP contribution in [0.4, 0.5) is 0 Å². The highest BCUT2D eigenvalue weighted by Gasteiger charge is 2.12. The van der Waals surface area contributed by atoms with E-state index in [2.05, 4.69) is 53.7 Å². The van der Waals surface area contributed by atoms with E-state index in [9.17, 15) is 5.11 Å². The number of benzene rings is 1. The Balaban J connectivity index is 2.48. The highest BCUT2D eigenvalue weighted by Crippen LogP contribution is 2.19. The predicted octanol–water partition coefficient (Wildman–Crippen LogP) is 3.39. The van der Waals surface area contributed by atoms with Gasteiger partial charge in [0, 0.05) is 30.7 Å². The van der Waals surface area contributed by atoms with Crippen molar-refractivity contribution in [3.05, 3.63) is 34.3 Å². The Morgan fingerprint density at radius 1 is 1.05 bits per heavy atom. The Kier molecular flexibility index (Phi) is 8.49. The Hall–Kier alpha value is -0.420. The van der Waals surface area contributed by atoms with Gasteiger partial charge in [-0.15, -0.1) is 0 Å². The van der Waals surface area contributed by atoms with Crippen LogP contribution in [0, 0.1) is 5.92 Å². The molecule has 0 saturated carbocycles. The summed E-state index contributed by atoms with van der Waals surface area (Å²) < 4.78 is 1.05. The van der Waals surface area contributed by atoms with Crippen LogP contribution in [-0.4, -0.2) is 55.2 Å². The van der Waals surface area contributed by atoms with Crippen LogP contribution in [0.15, 0.2) is 28.7 Å². The summed E-state index contributed by atoms with van der Waals surface area (Å²) in [6.07, 6.45) is 0.397. The molecule has 1 rings (SSSR count). The normalized spacial score (nSPS) is 13.4. The number of hydrogen-bond acceptors (Lipinski definition) is 3. The number of rotatable bonds is 9. The van der Waals surface area contributed by atoms with E-state index in [0.717, 1.165) is 42.6 Å². The summed E-state index contributed by atoms with van der Waals surface area (Å²) >= 11 is 3.42. The topological polar surface area (TPSA) is 26.7 Å². The van der Waals surface area contributed by atoms with E-state index in [1.54, 1.807) is 0 Å². The summed E-state index contributed by atoms with van der Waals surface area (Å²) in [7, 11) is 4.20. The van der Waals surface area contributed by atoms with Crippen molar-refractivity contribution in [2.75, 3.05) is 40.3 Å². The summed E-state index contributed by atoms with van der Waals surface area (Å²) in [4.78, 5) is 4.66. The first-order valence-electron chi connectivity index (χ1n) is 7.69. The number of aliphatic hydroxyl groups is 1.